The molecule has 118 valence electrons. The molecule has 0 atom stereocenters. The molecule has 5 nitrogen and oxygen atoms in total. The average Bonchev–Trinajstić information content (AvgIpc) is 2.47. The monoisotopic (exact) mass is 316 g/mol. The Morgan fingerprint density at radius 2 is 2.00 bits per heavy atom. The van der Waals surface area contributed by atoms with Gasteiger partial charge in [0, 0.05) is 31.2 Å². The summed E-state index contributed by atoms with van der Waals surface area (Å²) in [5, 5.41) is 3.09. The van der Waals surface area contributed by atoms with Crippen LogP contribution in [0.5, 0.6) is 0 Å². The van der Waals surface area contributed by atoms with Crippen LogP contribution in [0.25, 0.3) is 0 Å². The lowest BCUT2D eigenvalue weighted by atomic mass is 10.2. The van der Waals surface area contributed by atoms with Gasteiger partial charge >= 0.3 is 0 Å². The van der Waals surface area contributed by atoms with E-state index in [1.165, 1.54) is 22.5 Å². The highest BCUT2D eigenvalue weighted by Crippen LogP contribution is 2.20. The summed E-state index contributed by atoms with van der Waals surface area (Å²) in [4.78, 5) is 0.131. The minimum Gasteiger partial charge on any atom is -0.379 e. The lowest BCUT2D eigenvalue weighted by Crippen LogP contribution is -2.40. The summed E-state index contributed by atoms with van der Waals surface area (Å²) in [6, 6.07) is 4.14. The first-order valence-electron chi connectivity index (χ1n) is 7.01. The lowest BCUT2D eigenvalue weighted by Gasteiger charge is -2.26. The SMILES string of the molecule is CC(C)NCc1cc(S(=O)(=O)N2CCOCC2)ccc1F. The van der Waals surface area contributed by atoms with E-state index in [0.29, 0.717) is 38.4 Å². The van der Waals surface area contributed by atoms with E-state index in [2.05, 4.69) is 5.32 Å². The van der Waals surface area contributed by atoms with Gasteiger partial charge in [-0.1, -0.05) is 13.8 Å². The van der Waals surface area contributed by atoms with Gasteiger partial charge in [-0.05, 0) is 18.2 Å². The van der Waals surface area contributed by atoms with Crippen molar-refractivity contribution in [1.29, 1.82) is 0 Å². The molecule has 1 heterocycles. The molecule has 1 aliphatic rings. The van der Waals surface area contributed by atoms with Gasteiger partial charge in [-0.25, -0.2) is 12.8 Å². The third-order valence-corrected chi connectivity index (χ3v) is 5.22. The number of halogens is 1. The molecule has 0 aromatic heterocycles. The maximum absolute atomic E-state index is 13.8. The second-order valence-corrected chi connectivity index (χ2v) is 7.24. The topological polar surface area (TPSA) is 58.6 Å². The van der Waals surface area contributed by atoms with Gasteiger partial charge in [0.15, 0.2) is 0 Å². The molecule has 1 aromatic rings. The molecule has 0 bridgehead atoms. The van der Waals surface area contributed by atoms with Crippen LogP contribution in [0.15, 0.2) is 23.1 Å². The van der Waals surface area contributed by atoms with Crippen LogP contribution in [-0.2, 0) is 21.3 Å². The third kappa shape index (κ3) is 4.00. The Kier molecular flexibility index (Phi) is 5.32. The van der Waals surface area contributed by atoms with Crippen molar-refractivity contribution in [3.8, 4) is 0 Å². The molecule has 1 saturated heterocycles. The van der Waals surface area contributed by atoms with Crippen molar-refractivity contribution in [3.63, 3.8) is 0 Å². The van der Waals surface area contributed by atoms with Gasteiger partial charge in [0.25, 0.3) is 0 Å². The van der Waals surface area contributed by atoms with Crippen molar-refractivity contribution in [3.05, 3.63) is 29.6 Å². The van der Waals surface area contributed by atoms with Crippen LogP contribution < -0.4 is 5.32 Å². The Labute approximate surface area is 125 Å². The minimum absolute atomic E-state index is 0.131. The zero-order chi connectivity index (χ0) is 15.5. The van der Waals surface area contributed by atoms with Gasteiger partial charge in [-0.2, -0.15) is 4.31 Å². The largest absolute Gasteiger partial charge is 0.379 e. The Balaban J connectivity index is 2.24. The number of rotatable bonds is 5. The van der Waals surface area contributed by atoms with Crippen molar-refractivity contribution < 1.29 is 17.5 Å². The fourth-order valence-corrected chi connectivity index (χ4v) is 3.56. The van der Waals surface area contributed by atoms with E-state index >= 15 is 0 Å². The summed E-state index contributed by atoms with van der Waals surface area (Å²) in [6.07, 6.45) is 0. The summed E-state index contributed by atoms with van der Waals surface area (Å²) in [5.74, 6) is -0.399. The van der Waals surface area contributed by atoms with Crippen LogP contribution in [0, 0.1) is 5.82 Å². The molecule has 0 spiro atoms. The van der Waals surface area contributed by atoms with Gasteiger partial charge in [0.2, 0.25) is 10.0 Å². The molecule has 0 unspecified atom stereocenters. The van der Waals surface area contributed by atoms with E-state index in [-0.39, 0.29) is 10.9 Å². The van der Waals surface area contributed by atoms with Crippen LogP contribution in [-0.4, -0.2) is 45.1 Å². The van der Waals surface area contributed by atoms with Crippen LogP contribution >= 0.6 is 0 Å². The van der Waals surface area contributed by atoms with Gasteiger partial charge < -0.3 is 10.1 Å². The van der Waals surface area contributed by atoms with E-state index in [9.17, 15) is 12.8 Å². The first-order chi connectivity index (χ1) is 9.91. The zero-order valence-electron chi connectivity index (χ0n) is 12.3. The number of ether oxygens (including phenoxy) is 1. The molecule has 1 N–H and O–H groups in total. The number of benzene rings is 1. The van der Waals surface area contributed by atoms with Gasteiger partial charge in [-0.15, -0.1) is 0 Å². The molecule has 0 amide bonds. The highest BCUT2D eigenvalue weighted by Gasteiger charge is 2.26. The minimum atomic E-state index is -3.58. The summed E-state index contributed by atoms with van der Waals surface area (Å²) >= 11 is 0. The second kappa shape index (κ2) is 6.83. The Morgan fingerprint density at radius 1 is 1.33 bits per heavy atom. The molecule has 1 aromatic carbocycles. The number of nitrogens with one attached hydrogen (secondary N) is 1. The summed E-state index contributed by atoms with van der Waals surface area (Å²) in [7, 11) is -3.58. The van der Waals surface area contributed by atoms with E-state index < -0.39 is 15.8 Å². The van der Waals surface area contributed by atoms with Gasteiger partial charge in [0.05, 0.1) is 18.1 Å². The number of nitrogens with zero attached hydrogens (tertiary/aromatic N) is 1. The smallest absolute Gasteiger partial charge is 0.243 e. The molecule has 21 heavy (non-hydrogen) atoms. The van der Waals surface area contributed by atoms with Crippen LogP contribution in [0.4, 0.5) is 4.39 Å². The number of hydrogen-bond acceptors (Lipinski definition) is 4. The van der Waals surface area contributed by atoms with Crippen LogP contribution in [0.3, 0.4) is 0 Å². The molecule has 0 aliphatic carbocycles. The maximum atomic E-state index is 13.8. The predicted molar refractivity (Wildman–Crippen MR) is 78.0 cm³/mol. The van der Waals surface area contributed by atoms with Crippen molar-refractivity contribution >= 4 is 10.0 Å². The molecular weight excluding hydrogens is 295 g/mol. The van der Waals surface area contributed by atoms with E-state index in [0.717, 1.165) is 0 Å². The normalized spacial score (nSPS) is 17.3. The summed E-state index contributed by atoms with van der Waals surface area (Å²) in [6.45, 7) is 5.65. The predicted octanol–water partition coefficient (Wildman–Crippen LogP) is 1.34. The number of morpholine rings is 1. The van der Waals surface area contributed by atoms with E-state index in [1.54, 1.807) is 0 Å². The van der Waals surface area contributed by atoms with Crippen molar-refractivity contribution in [1.82, 2.24) is 9.62 Å². The zero-order valence-corrected chi connectivity index (χ0v) is 13.1. The summed E-state index contributed by atoms with van der Waals surface area (Å²) in [5.41, 5.74) is 0.359. The van der Waals surface area contributed by atoms with Crippen molar-refractivity contribution in [2.24, 2.45) is 0 Å². The highest BCUT2D eigenvalue weighted by molar-refractivity contribution is 7.89. The molecular formula is C14H21FN2O3S. The quantitative estimate of drug-likeness (QED) is 0.891. The second-order valence-electron chi connectivity index (χ2n) is 5.31. The van der Waals surface area contributed by atoms with E-state index in [4.69, 9.17) is 4.74 Å². The first kappa shape index (κ1) is 16.4. The molecule has 0 saturated carbocycles. The molecule has 0 radical (unpaired) electrons. The van der Waals surface area contributed by atoms with Crippen molar-refractivity contribution in [2.75, 3.05) is 26.3 Å². The summed E-state index contributed by atoms with van der Waals surface area (Å²) < 4.78 is 45.4. The molecule has 2 rings (SSSR count). The molecule has 1 aliphatic heterocycles. The standard InChI is InChI=1S/C14H21FN2O3S/c1-11(2)16-10-12-9-13(3-4-14(12)15)21(18,19)17-5-7-20-8-6-17/h3-4,9,11,16H,5-8,10H2,1-2H3. The van der Waals surface area contributed by atoms with Gasteiger partial charge in [-0.3, -0.25) is 0 Å². The highest BCUT2D eigenvalue weighted by atomic mass is 32.2. The van der Waals surface area contributed by atoms with E-state index in [1.807, 2.05) is 13.8 Å². The molecule has 7 heteroatoms. The van der Waals surface area contributed by atoms with Crippen LogP contribution in [0.1, 0.15) is 19.4 Å². The van der Waals surface area contributed by atoms with Gasteiger partial charge in [0.1, 0.15) is 5.82 Å². The Hall–Kier alpha value is -1.02. The lowest BCUT2D eigenvalue weighted by molar-refractivity contribution is 0.0730. The maximum Gasteiger partial charge on any atom is 0.243 e. The Morgan fingerprint density at radius 3 is 2.62 bits per heavy atom. The Bertz CT molecular complexity index is 584. The van der Waals surface area contributed by atoms with Crippen LogP contribution in [0.2, 0.25) is 0 Å². The number of hydrogen-bond donors (Lipinski definition) is 1. The first-order valence-corrected chi connectivity index (χ1v) is 8.45. The third-order valence-electron chi connectivity index (χ3n) is 3.33. The fourth-order valence-electron chi connectivity index (χ4n) is 2.10. The van der Waals surface area contributed by atoms with Crippen molar-refractivity contribution in [2.45, 2.75) is 31.3 Å². The number of sulfonamides is 1. The fraction of sp³-hybridized carbons (Fsp3) is 0.571. The average molecular weight is 316 g/mol. The molecule has 1 fully saturated rings.